The number of hydrogen-bond acceptors (Lipinski definition) is 3. The lowest BCUT2D eigenvalue weighted by atomic mass is 10.2. The minimum atomic E-state index is -0.689. The highest BCUT2D eigenvalue weighted by atomic mass is 35.5. The van der Waals surface area contributed by atoms with Gasteiger partial charge in [-0.3, -0.25) is 0 Å². The van der Waals surface area contributed by atoms with Gasteiger partial charge in [-0.2, -0.15) is 4.48 Å². The molecule has 124 valence electrons. The Labute approximate surface area is 144 Å². The van der Waals surface area contributed by atoms with Crippen LogP contribution in [0.4, 0.5) is 14.9 Å². The first-order valence-corrected chi connectivity index (χ1v) is 7.99. The van der Waals surface area contributed by atoms with Crippen LogP contribution in [0.15, 0.2) is 48.5 Å². The zero-order valence-electron chi connectivity index (χ0n) is 12.9. The van der Waals surface area contributed by atoms with Crippen LogP contribution in [0, 0.1) is 5.82 Å². The summed E-state index contributed by atoms with van der Waals surface area (Å²) >= 11 is 5.71. The number of quaternary nitrogens is 1. The lowest BCUT2D eigenvalue weighted by Crippen LogP contribution is -2.52. The summed E-state index contributed by atoms with van der Waals surface area (Å²) in [6.45, 7) is 0.606. The predicted molar refractivity (Wildman–Crippen MR) is 89.3 cm³/mol. The van der Waals surface area contributed by atoms with E-state index >= 15 is 0 Å². The Hall–Kier alpha value is -2.24. The number of rotatable bonds is 4. The number of amides is 2. The van der Waals surface area contributed by atoms with Gasteiger partial charge < -0.3 is 4.74 Å². The Morgan fingerprint density at radius 3 is 2.54 bits per heavy atom. The van der Waals surface area contributed by atoms with Crippen molar-refractivity contribution < 1.29 is 18.7 Å². The van der Waals surface area contributed by atoms with E-state index in [9.17, 15) is 14.0 Å². The maximum absolute atomic E-state index is 13.1. The smallest absolute Gasteiger partial charge is 0.424 e. The first-order chi connectivity index (χ1) is 11.5. The fourth-order valence-corrected chi connectivity index (χ4v) is 3.21. The summed E-state index contributed by atoms with van der Waals surface area (Å²) in [5.74, 6) is 0.0596. The zero-order valence-corrected chi connectivity index (χ0v) is 13.6. The first kappa shape index (κ1) is 16.6. The lowest BCUT2D eigenvalue weighted by Gasteiger charge is -2.25. The molecule has 1 aliphatic rings. The average molecular weight is 349 g/mol. The molecule has 0 spiro atoms. The van der Waals surface area contributed by atoms with Crippen molar-refractivity contribution in [2.45, 2.75) is 19.4 Å². The van der Waals surface area contributed by atoms with Crippen LogP contribution >= 0.6 is 11.6 Å². The Kier molecular flexibility index (Phi) is 4.64. The average Bonchev–Trinajstić information content (AvgIpc) is 2.96. The number of ether oxygens (including phenoxy) is 1. The fourth-order valence-electron chi connectivity index (χ4n) is 2.93. The van der Waals surface area contributed by atoms with Gasteiger partial charge in [0.15, 0.2) is 0 Å². The van der Waals surface area contributed by atoms with Crippen molar-refractivity contribution in [3.63, 3.8) is 0 Å². The molecule has 4 nitrogen and oxygen atoms in total. The van der Waals surface area contributed by atoms with Gasteiger partial charge in [-0.25, -0.2) is 14.0 Å². The van der Waals surface area contributed by atoms with Crippen molar-refractivity contribution in [3.8, 4) is 5.75 Å². The Balaban J connectivity index is 1.75. The number of likely N-dealkylation sites (tertiary alicyclic amines) is 1. The van der Waals surface area contributed by atoms with E-state index in [-0.39, 0.29) is 18.3 Å². The number of carbonyl (C=O) groups is 2. The van der Waals surface area contributed by atoms with Crippen molar-refractivity contribution in [1.29, 1.82) is 0 Å². The van der Waals surface area contributed by atoms with Gasteiger partial charge in [-0.05, 0) is 29.8 Å². The minimum Gasteiger partial charge on any atom is -0.489 e. The number of hydrogen-bond donors (Lipinski definition) is 0. The molecule has 0 bridgehead atoms. The molecule has 0 radical (unpaired) electrons. The van der Waals surface area contributed by atoms with Crippen LogP contribution in [-0.2, 0) is 11.4 Å². The predicted octanol–water partition coefficient (Wildman–Crippen LogP) is 4.39. The molecule has 1 heterocycles. The maximum atomic E-state index is 13.1. The van der Waals surface area contributed by atoms with E-state index in [1.54, 1.807) is 36.4 Å². The summed E-state index contributed by atoms with van der Waals surface area (Å²) in [7, 11) is 0. The highest BCUT2D eigenvalue weighted by Crippen LogP contribution is 2.33. The second-order valence-electron chi connectivity index (χ2n) is 5.70. The second-order valence-corrected chi connectivity index (χ2v) is 6.02. The quantitative estimate of drug-likeness (QED) is 0.467. The molecule has 1 unspecified atom stereocenters. The van der Waals surface area contributed by atoms with Gasteiger partial charge in [-0.15, -0.1) is 0 Å². The number of nitrogens with zero attached hydrogens (tertiary/aromatic N) is 1. The van der Waals surface area contributed by atoms with Gasteiger partial charge in [0.1, 0.15) is 23.9 Å². The summed E-state index contributed by atoms with van der Waals surface area (Å²) in [5.41, 5.74) is 1.25. The van der Waals surface area contributed by atoms with Crippen LogP contribution in [-0.4, -0.2) is 17.8 Å². The van der Waals surface area contributed by atoms with Crippen molar-refractivity contribution in [1.82, 2.24) is 4.48 Å². The lowest BCUT2D eigenvalue weighted by molar-refractivity contribution is -0.124. The largest absolute Gasteiger partial charge is 0.489 e. The number of carbonyl (C=O) groups excluding carboxylic acids is 2. The Morgan fingerprint density at radius 2 is 1.96 bits per heavy atom. The summed E-state index contributed by atoms with van der Waals surface area (Å²) in [5, 5.41) is -0.689. The third-order valence-corrected chi connectivity index (χ3v) is 4.47. The van der Waals surface area contributed by atoms with Crippen molar-refractivity contribution in [2.24, 2.45) is 0 Å². The fraction of sp³-hybridized carbons (Fsp3) is 0.222. The molecule has 3 rings (SSSR count). The van der Waals surface area contributed by atoms with E-state index in [1.165, 1.54) is 12.1 Å². The highest BCUT2D eigenvalue weighted by molar-refractivity contribution is 6.66. The minimum absolute atomic E-state index is 0.191. The molecule has 2 aromatic rings. The van der Waals surface area contributed by atoms with Crippen LogP contribution < -0.4 is 9.22 Å². The van der Waals surface area contributed by atoms with Crippen LogP contribution in [0.3, 0.4) is 0 Å². The summed E-state index contributed by atoms with van der Waals surface area (Å²) in [6, 6.07) is 12.9. The third-order valence-electron chi connectivity index (χ3n) is 4.18. The van der Waals surface area contributed by atoms with E-state index in [1.807, 2.05) is 0 Å². The molecule has 0 aliphatic carbocycles. The van der Waals surface area contributed by atoms with E-state index < -0.39 is 9.85 Å². The first-order valence-electron chi connectivity index (χ1n) is 7.62. The van der Waals surface area contributed by atoms with Crippen LogP contribution in [0.5, 0.6) is 5.75 Å². The van der Waals surface area contributed by atoms with Crippen molar-refractivity contribution in [3.05, 3.63) is 59.9 Å². The molecule has 0 aromatic heterocycles. The molecule has 0 N–H and O–H groups in total. The molecule has 2 aromatic carbocycles. The summed E-state index contributed by atoms with van der Waals surface area (Å²) in [6.07, 6.45) is 0.978. The van der Waals surface area contributed by atoms with Crippen LogP contribution in [0.2, 0.25) is 0 Å². The SMILES string of the molecule is O=C(Cl)[N+]1(c2ccc(OCc3cccc(F)c3)cc2)CCCC1=O. The summed E-state index contributed by atoms with van der Waals surface area (Å²) < 4.78 is 18.3. The molecule has 1 aliphatic heterocycles. The highest BCUT2D eigenvalue weighted by Gasteiger charge is 2.49. The molecule has 6 heteroatoms. The van der Waals surface area contributed by atoms with Crippen molar-refractivity contribution >= 4 is 28.6 Å². The van der Waals surface area contributed by atoms with Gasteiger partial charge in [0, 0.05) is 30.2 Å². The molecule has 2 amide bonds. The topological polar surface area (TPSA) is 43.4 Å². The van der Waals surface area contributed by atoms with E-state index in [2.05, 4.69) is 0 Å². The van der Waals surface area contributed by atoms with Crippen molar-refractivity contribution in [2.75, 3.05) is 6.54 Å². The number of benzene rings is 2. The normalized spacial score (nSPS) is 20.2. The number of imide groups is 1. The monoisotopic (exact) mass is 348 g/mol. The van der Waals surface area contributed by atoms with E-state index in [4.69, 9.17) is 16.3 Å². The van der Waals surface area contributed by atoms with E-state index in [0.717, 1.165) is 0 Å². The Morgan fingerprint density at radius 1 is 1.21 bits per heavy atom. The summed E-state index contributed by atoms with van der Waals surface area (Å²) in [4.78, 5) is 24.0. The third kappa shape index (κ3) is 3.05. The standard InChI is InChI=1S/C18H16ClFNO3/c19-18(23)21(10-2-5-17(21)22)15-6-8-16(9-7-15)24-12-13-3-1-4-14(20)11-13/h1,3-4,6-9,11H,2,5,10,12H2/q+1. The molecule has 1 atom stereocenters. The van der Waals surface area contributed by atoms with Crippen LogP contribution in [0.1, 0.15) is 18.4 Å². The van der Waals surface area contributed by atoms with Gasteiger partial charge in [0.2, 0.25) is 0 Å². The molecule has 0 saturated carbocycles. The number of halogens is 2. The van der Waals surface area contributed by atoms with Gasteiger partial charge in [0.25, 0.3) is 0 Å². The van der Waals surface area contributed by atoms with Crippen LogP contribution in [0.25, 0.3) is 0 Å². The second kappa shape index (κ2) is 6.71. The van der Waals surface area contributed by atoms with Gasteiger partial charge in [0.05, 0.1) is 13.0 Å². The Bertz CT molecular complexity index is 778. The van der Waals surface area contributed by atoms with E-state index in [0.29, 0.717) is 36.4 Å². The molecule has 24 heavy (non-hydrogen) atoms. The van der Waals surface area contributed by atoms with Gasteiger partial charge >= 0.3 is 11.3 Å². The molecule has 1 fully saturated rings. The maximum Gasteiger partial charge on any atom is 0.424 e. The molecular formula is C18H16ClFNO3+. The van der Waals surface area contributed by atoms with Gasteiger partial charge in [-0.1, -0.05) is 12.1 Å². The molecular weight excluding hydrogens is 333 g/mol. The molecule has 1 saturated heterocycles. The zero-order chi connectivity index (χ0) is 17.2.